The molecule has 0 aliphatic heterocycles. The van der Waals surface area contributed by atoms with Crippen LogP contribution >= 0.6 is 11.8 Å². The Balaban J connectivity index is 1.63. The smallest absolute Gasteiger partial charge is 0.338 e. The fraction of sp³-hybridized carbons (Fsp3) is 0.400. The van der Waals surface area contributed by atoms with Crippen LogP contribution in [0.2, 0.25) is 0 Å². The summed E-state index contributed by atoms with van der Waals surface area (Å²) in [7, 11) is 0. The number of hydrogen-bond acceptors (Lipinski definition) is 6. The lowest BCUT2D eigenvalue weighted by atomic mass is 9.97. The molecule has 3 rings (SSSR count). The molecule has 1 aliphatic rings. The normalized spacial score (nSPS) is 14.1. The Labute approximate surface area is 167 Å². The van der Waals surface area contributed by atoms with E-state index in [9.17, 15) is 14.4 Å². The molecule has 28 heavy (non-hydrogen) atoms. The predicted octanol–water partition coefficient (Wildman–Crippen LogP) is 2.94. The van der Waals surface area contributed by atoms with Crippen LogP contribution in [0, 0.1) is 0 Å². The molecule has 1 aromatic heterocycles. The van der Waals surface area contributed by atoms with Crippen LogP contribution in [0.1, 0.15) is 48.3 Å². The van der Waals surface area contributed by atoms with E-state index < -0.39 is 11.2 Å². The number of carbonyl (C=O) groups is 2. The van der Waals surface area contributed by atoms with Gasteiger partial charge in [-0.3, -0.25) is 9.59 Å². The number of hydrogen-bond donors (Lipinski definition) is 2. The number of thioether (sulfide) groups is 1. The van der Waals surface area contributed by atoms with Gasteiger partial charge in [-0.05, 0) is 63.8 Å². The van der Waals surface area contributed by atoms with Crippen LogP contribution in [0.5, 0.6) is 0 Å². The van der Waals surface area contributed by atoms with Crippen LogP contribution < -0.4 is 10.9 Å². The fourth-order valence-corrected chi connectivity index (χ4v) is 3.82. The molecule has 1 aliphatic carbocycles. The van der Waals surface area contributed by atoms with E-state index in [1.54, 1.807) is 38.1 Å². The maximum atomic E-state index is 12.5. The van der Waals surface area contributed by atoms with Crippen LogP contribution in [0.4, 0.5) is 5.69 Å². The molecule has 0 saturated heterocycles. The van der Waals surface area contributed by atoms with Crippen molar-refractivity contribution in [2.75, 3.05) is 11.9 Å². The second-order valence-corrected chi connectivity index (χ2v) is 7.88. The highest BCUT2D eigenvalue weighted by Gasteiger charge is 2.20. The zero-order valence-electron chi connectivity index (χ0n) is 15.9. The molecule has 1 atom stereocenters. The number of esters is 1. The lowest BCUT2D eigenvalue weighted by molar-refractivity contribution is -0.115. The van der Waals surface area contributed by atoms with Crippen molar-refractivity contribution in [1.29, 1.82) is 0 Å². The molecule has 0 saturated carbocycles. The van der Waals surface area contributed by atoms with Gasteiger partial charge in [-0.2, -0.15) is 0 Å². The Morgan fingerprint density at radius 3 is 2.68 bits per heavy atom. The molecular weight excluding hydrogens is 378 g/mol. The van der Waals surface area contributed by atoms with Crippen molar-refractivity contribution in [3.63, 3.8) is 0 Å². The summed E-state index contributed by atoms with van der Waals surface area (Å²) >= 11 is 1.22. The van der Waals surface area contributed by atoms with Gasteiger partial charge in [0.1, 0.15) is 0 Å². The SMILES string of the molecule is CCOC(=O)c1ccc(NC(=O)[C@H](C)Sc2nc3c(c(=O)[nH]2)CCCC3)cc1. The summed E-state index contributed by atoms with van der Waals surface area (Å²) in [6.45, 7) is 3.81. The highest BCUT2D eigenvalue weighted by Crippen LogP contribution is 2.23. The van der Waals surface area contributed by atoms with Crippen LogP contribution in [-0.4, -0.2) is 33.7 Å². The number of aromatic amines is 1. The van der Waals surface area contributed by atoms with E-state index >= 15 is 0 Å². The Morgan fingerprint density at radius 2 is 1.96 bits per heavy atom. The molecule has 7 nitrogen and oxygen atoms in total. The minimum Gasteiger partial charge on any atom is -0.462 e. The van der Waals surface area contributed by atoms with Crippen LogP contribution in [0.25, 0.3) is 0 Å². The Bertz CT molecular complexity index is 924. The molecule has 0 fully saturated rings. The van der Waals surface area contributed by atoms with E-state index in [2.05, 4.69) is 15.3 Å². The predicted molar refractivity (Wildman–Crippen MR) is 108 cm³/mol. The molecule has 8 heteroatoms. The molecule has 2 aromatic rings. The van der Waals surface area contributed by atoms with E-state index in [0.717, 1.165) is 36.9 Å². The number of ether oxygens (including phenoxy) is 1. The van der Waals surface area contributed by atoms with Gasteiger partial charge in [-0.15, -0.1) is 0 Å². The van der Waals surface area contributed by atoms with Crippen molar-refractivity contribution in [3.05, 3.63) is 51.4 Å². The topological polar surface area (TPSA) is 101 Å². The summed E-state index contributed by atoms with van der Waals surface area (Å²) < 4.78 is 4.94. The standard InChI is InChI=1S/C20H23N3O4S/c1-3-27-19(26)13-8-10-14(11-9-13)21-17(24)12(2)28-20-22-16-7-5-4-6-15(16)18(25)23-20/h8-12H,3-7H2,1-2H3,(H,21,24)(H,22,23,25)/t12-/m0/s1. The van der Waals surface area contributed by atoms with E-state index in [1.165, 1.54) is 11.8 Å². The quantitative estimate of drug-likeness (QED) is 0.438. The average Bonchev–Trinajstić information content (AvgIpc) is 2.68. The number of nitrogens with one attached hydrogen (secondary N) is 2. The second-order valence-electron chi connectivity index (χ2n) is 6.55. The number of benzene rings is 1. The second kappa shape index (κ2) is 9.05. The highest BCUT2D eigenvalue weighted by atomic mass is 32.2. The number of aryl methyl sites for hydroxylation is 1. The first kappa shape index (κ1) is 20.1. The number of anilines is 1. The molecule has 1 heterocycles. The summed E-state index contributed by atoms with van der Waals surface area (Å²) in [5.74, 6) is -0.610. The first-order chi connectivity index (χ1) is 13.5. The van der Waals surface area contributed by atoms with Crippen molar-refractivity contribution in [1.82, 2.24) is 9.97 Å². The molecule has 2 N–H and O–H groups in total. The fourth-order valence-electron chi connectivity index (χ4n) is 3.01. The van der Waals surface area contributed by atoms with Crippen molar-refractivity contribution >= 4 is 29.3 Å². The molecule has 1 aromatic carbocycles. The largest absolute Gasteiger partial charge is 0.462 e. The van der Waals surface area contributed by atoms with Gasteiger partial charge in [-0.25, -0.2) is 9.78 Å². The van der Waals surface area contributed by atoms with Gasteiger partial charge in [0.25, 0.3) is 5.56 Å². The number of carbonyl (C=O) groups excluding carboxylic acids is 2. The number of nitrogens with zero attached hydrogens (tertiary/aromatic N) is 1. The third-order valence-electron chi connectivity index (χ3n) is 4.49. The van der Waals surface area contributed by atoms with Gasteiger partial charge in [-0.1, -0.05) is 11.8 Å². The van der Waals surface area contributed by atoms with E-state index in [-0.39, 0.29) is 11.5 Å². The van der Waals surface area contributed by atoms with E-state index in [1.807, 2.05) is 0 Å². The number of rotatable bonds is 6. The molecule has 0 spiro atoms. The van der Waals surface area contributed by atoms with Gasteiger partial charge >= 0.3 is 5.97 Å². The van der Waals surface area contributed by atoms with Gasteiger partial charge in [0.2, 0.25) is 5.91 Å². The number of fused-ring (bicyclic) bond motifs is 1. The van der Waals surface area contributed by atoms with Crippen molar-refractivity contribution in [3.8, 4) is 0 Å². The summed E-state index contributed by atoms with van der Waals surface area (Å²) in [6.07, 6.45) is 3.62. The lowest BCUT2D eigenvalue weighted by Crippen LogP contribution is -2.25. The Hall–Kier alpha value is -2.61. The third kappa shape index (κ3) is 4.81. The number of amides is 1. The van der Waals surface area contributed by atoms with Gasteiger partial charge in [0.15, 0.2) is 5.16 Å². The van der Waals surface area contributed by atoms with Gasteiger partial charge in [0.05, 0.1) is 23.1 Å². The van der Waals surface area contributed by atoms with E-state index in [4.69, 9.17) is 4.74 Å². The first-order valence-corrected chi connectivity index (χ1v) is 10.2. The minimum absolute atomic E-state index is 0.102. The minimum atomic E-state index is -0.450. The number of H-pyrrole nitrogens is 1. The maximum absolute atomic E-state index is 12.5. The van der Waals surface area contributed by atoms with Gasteiger partial charge in [0, 0.05) is 11.3 Å². The van der Waals surface area contributed by atoms with Crippen LogP contribution in [0.3, 0.4) is 0 Å². The molecule has 0 bridgehead atoms. The molecular formula is C20H23N3O4S. The van der Waals surface area contributed by atoms with Crippen molar-refractivity contribution in [2.45, 2.75) is 49.9 Å². The highest BCUT2D eigenvalue weighted by molar-refractivity contribution is 8.00. The zero-order chi connectivity index (χ0) is 20.1. The van der Waals surface area contributed by atoms with Crippen LogP contribution in [0.15, 0.2) is 34.2 Å². The average molecular weight is 401 g/mol. The third-order valence-corrected chi connectivity index (χ3v) is 5.48. The zero-order valence-corrected chi connectivity index (χ0v) is 16.7. The number of aromatic nitrogens is 2. The lowest BCUT2D eigenvalue weighted by Gasteiger charge is -2.16. The Morgan fingerprint density at radius 1 is 1.25 bits per heavy atom. The summed E-state index contributed by atoms with van der Waals surface area (Å²) in [5.41, 5.74) is 2.53. The maximum Gasteiger partial charge on any atom is 0.338 e. The molecule has 148 valence electrons. The van der Waals surface area contributed by atoms with Crippen molar-refractivity contribution < 1.29 is 14.3 Å². The Kier molecular flexibility index (Phi) is 6.51. The van der Waals surface area contributed by atoms with Crippen molar-refractivity contribution in [2.24, 2.45) is 0 Å². The molecule has 0 unspecified atom stereocenters. The van der Waals surface area contributed by atoms with Gasteiger partial charge < -0.3 is 15.0 Å². The van der Waals surface area contributed by atoms with Crippen LogP contribution in [-0.2, 0) is 22.4 Å². The summed E-state index contributed by atoms with van der Waals surface area (Å²) in [4.78, 5) is 43.7. The molecule has 0 radical (unpaired) electrons. The summed E-state index contributed by atoms with van der Waals surface area (Å²) in [5, 5.41) is 2.82. The monoisotopic (exact) mass is 401 g/mol. The summed E-state index contributed by atoms with van der Waals surface area (Å²) in [6, 6.07) is 6.52. The van der Waals surface area contributed by atoms with E-state index in [0.29, 0.717) is 23.0 Å². The molecule has 1 amide bonds. The first-order valence-electron chi connectivity index (χ1n) is 9.34.